The Morgan fingerprint density at radius 3 is 2.85 bits per heavy atom. The molecule has 3 heterocycles. The third-order valence-electron chi connectivity index (χ3n) is 4.96. The lowest BCUT2D eigenvalue weighted by atomic mass is 10.2. The lowest BCUT2D eigenvalue weighted by Gasteiger charge is -2.15. The normalized spacial score (nSPS) is 14.8. The van der Waals surface area contributed by atoms with Crippen molar-refractivity contribution in [2.75, 3.05) is 5.32 Å². The van der Waals surface area contributed by atoms with Crippen molar-refractivity contribution in [3.05, 3.63) is 47.5 Å². The summed E-state index contributed by atoms with van der Waals surface area (Å²) in [5, 5.41) is 10.3. The van der Waals surface area contributed by atoms with Crippen LogP contribution in [0.4, 0.5) is 10.6 Å². The Morgan fingerprint density at radius 1 is 1.23 bits per heavy atom. The van der Waals surface area contributed by atoms with Crippen molar-refractivity contribution >= 4 is 17.5 Å². The minimum absolute atomic E-state index is 0.235. The van der Waals surface area contributed by atoms with E-state index in [1.165, 1.54) is 18.4 Å². The second kappa shape index (κ2) is 6.82. The molecule has 1 fully saturated rings. The highest BCUT2D eigenvalue weighted by atomic mass is 16.2. The molecule has 3 aromatic heterocycles. The van der Waals surface area contributed by atoms with E-state index in [-0.39, 0.29) is 6.03 Å². The molecule has 1 aliphatic carbocycles. The summed E-state index contributed by atoms with van der Waals surface area (Å²) in [7, 11) is 0. The summed E-state index contributed by atoms with van der Waals surface area (Å²) in [6.07, 6.45) is 10.5. The number of carbonyl (C=O) groups is 1. The first-order chi connectivity index (χ1) is 12.6. The topological polar surface area (TPSA) is 76.2 Å². The summed E-state index contributed by atoms with van der Waals surface area (Å²) in [5.41, 5.74) is 3.85. The van der Waals surface area contributed by atoms with Gasteiger partial charge in [-0.25, -0.2) is 14.5 Å². The van der Waals surface area contributed by atoms with Crippen molar-refractivity contribution in [3.63, 3.8) is 0 Å². The van der Waals surface area contributed by atoms with E-state index < -0.39 is 0 Å². The van der Waals surface area contributed by atoms with E-state index in [0.717, 1.165) is 35.6 Å². The zero-order valence-electron chi connectivity index (χ0n) is 15.2. The van der Waals surface area contributed by atoms with Crippen molar-refractivity contribution in [1.29, 1.82) is 0 Å². The van der Waals surface area contributed by atoms with Crippen LogP contribution in [0, 0.1) is 13.8 Å². The Hall–Kier alpha value is -2.83. The second-order valence-electron chi connectivity index (χ2n) is 7.07. The van der Waals surface area contributed by atoms with Crippen LogP contribution in [0.15, 0.2) is 30.7 Å². The number of aromatic nitrogens is 4. The number of fused-ring (bicyclic) bond motifs is 1. The number of hydrogen-bond acceptors (Lipinski definition) is 3. The van der Waals surface area contributed by atoms with Crippen LogP contribution in [-0.4, -0.2) is 25.2 Å². The summed E-state index contributed by atoms with van der Waals surface area (Å²) < 4.78 is 3.94. The summed E-state index contributed by atoms with van der Waals surface area (Å²) in [6.45, 7) is 4.39. The third-order valence-corrected chi connectivity index (χ3v) is 4.96. The molecule has 0 saturated heterocycles. The number of urea groups is 1. The standard InChI is InChI=1S/C19H24N6O/c1-13-7-8-17-22-15(12-24(17)11-13)10-20-19(26)23-18-14(2)9-21-25(18)16-5-3-4-6-16/h7-9,11-12,16H,3-6,10H2,1-2H3,(H2,20,23,26). The Bertz CT molecular complexity index is 935. The van der Waals surface area contributed by atoms with Gasteiger partial charge < -0.3 is 9.72 Å². The number of hydrogen-bond donors (Lipinski definition) is 2. The Balaban J connectivity index is 1.41. The molecule has 3 aromatic rings. The molecule has 7 nitrogen and oxygen atoms in total. The van der Waals surface area contributed by atoms with Crippen LogP contribution >= 0.6 is 0 Å². The number of imidazole rings is 1. The molecule has 4 rings (SSSR count). The van der Waals surface area contributed by atoms with Gasteiger partial charge in [0.25, 0.3) is 0 Å². The number of amides is 2. The van der Waals surface area contributed by atoms with E-state index in [2.05, 4.69) is 20.7 Å². The van der Waals surface area contributed by atoms with Crippen LogP contribution in [0.3, 0.4) is 0 Å². The van der Waals surface area contributed by atoms with Gasteiger partial charge in [0, 0.05) is 18.0 Å². The largest absolute Gasteiger partial charge is 0.332 e. The molecule has 26 heavy (non-hydrogen) atoms. The quantitative estimate of drug-likeness (QED) is 0.753. The van der Waals surface area contributed by atoms with Gasteiger partial charge in [0.2, 0.25) is 0 Å². The van der Waals surface area contributed by atoms with Gasteiger partial charge in [-0.3, -0.25) is 5.32 Å². The fourth-order valence-electron chi connectivity index (χ4n) is 3.59. The van der Waals surface area contributed by atoms with Gasteiger partial charge in [0.05, 0.1) is 24.5 Å². The maximum absolute atomic E-state index is 12.4. The maximum atomic E-state index is 12.4. The van der Waals surface area contributed by atoms with E-state index in [9.17, 15) is 4.79 Å². The minimum atomic E-state index is -0.235. The molecular weight excluding hydrogens is 328 g/mol. The Kier molecular flexibility index (Phi) is 4.36. The van der Waals surface area contributed by atoms with E-state index >= 15 is 0 Å². The van der Waals surface area contributed by atoms with Crippen LogP contribution in [0.1, 0.15) is 48.5 Å². The number of rotatable bonds is 4. The smallest absolute Gasteiger partial charge is 0.320 e. The van der Waals surface area contributed by atoms with Crippen LogP contribution in [-0.2, 0) is 6.54 Å². The van der Waals surface area contributed by atoms with Crippen LogP contribution < -0.4 is 10.6 Å². The van der Waals surface area contributed by atoms with Crippen LogP contribution in [0.2, 0.25) is 0 Å². The highest BCUT2D eigenvalue weighted by molar-refractivity contribution is 5.89. The molecule has 136 valence electrons. The molecule has 0 radical (unpaired) electrons. The molecule has 1 aliphatic rings. The minimum Gasteiger partial charge on any atom is -0.332 e. The average molecular weight is 352 g/mol. The first-order valence-electron chi connectivity index (χ1n) is 9.13. The molecule has 0 aliphatic heterocycles. The van der Waals surface area contributed by atoms with E-state index in [4.69, 9.17) is 0 Å². The predicted molar refractivity (Wildman–Crippen MR) is 100 cm³/mol. The molecule has 0 spiro atoms. The fourth-order valence-corrected chi connectivity index (χ4v) is 3.59. The maximum Gasteiger partial charge on any atom is 0.320 e. The highest BCUT2D eigenvalue weighted by Gasteiger charge is 2.22. The van der Waals surface area contributed by atoms with Crippen molar-refractivity contribution in [1.82, 2.24) is 24.5 Å². The summed E-state index contributed by atoms with van der Waals surface area (Å²) >= 11 is 0. The molecule has 1 saturated carbocycles. The Labute approximate surface area is 152 Å². The van der Waals surface area contributed by atoms with Gasteiger partial charge in [-0.15, -0.1) is 0 Å². The summed E-state index contributed by atoms with van der Waals surface area (Å²) in [4.78, 5) is 16.9. The zero-order chi connectivity index (χ0) is 18.1. The van der Waals surface area contributed by atoms with E-state index in [0.29, 0.717) is 12.6 Å². The summed E-state index contributed by atoms with van der Waals surface area (Å²) in [5.74, 6) is 0.792. The van der Waals surface area contributed by atoms with Gasteiger partial charge >= 0.3 is 6.03 Å². The first kappa shape index (κ1) is 16.6. The lowest BCUT2D eigenvalue weighted by molar-refractivity contribution is 0.251. The number of aryl methyl sites for hydroxylation is 2. The number of pyridine rings is 1. The highest BCUT2D eigenvalue weighted by Crippen LogP contribution is 2.32. The SMILES string of the molecule is Cc1ccc2nc(CNC(=O)Nc3c(C)cnn3C3CCCC3)cn2c1. The van der Waals surface area contributed by atoms with Crippen molar-refractivity contribution in [3.8, 4) is 0 Å². The first-order valence-corrected chi connectivity index (χ1v) is 9.13. The summed E-state index contributed by atoms with van der Waals surface area (Å²) in [6, 6.07) is 4.16. The molecule has 0 unspecified atom stereocenters. The van der Waals surface area contributed by atoms with Gasteiger partial charge in [-0.05, 0) is 38.3 Å². The van der Waals surface area contributed by atoms with E-state index in [1.54, 1.807) is 0 Å². The Morgan fingerprint density at radius 2 is 2.04 bits per heavy atom. The number of anilines is 1. The fraction of sp³-hybridized carbons (Fsp3) is 0.421. The van der Waals surface area contributed by atoms with Crippen LogP contribution in [0.25, 0.3) is 5.65 Å². The third kappa shape index (κ3) is 3.29. The molecule has 0 bridgehead atoms. The molecule has 7 heteroatoms. The molecule has 0 atom stereocenters. The van der Waals surface area contributed by atoms with Gasteiger partial charge in [0.15, 0.2) is 0 Å². The molecule has 2 N–H and O–H groups in total. The number of nitrogens with zero attached hydrogens (tertiary/aromatic N) is 4. The predicted octanol–water partition coefficient (Wildman–Crippen LogP) is 3.58. The lowest BCUT2D eigenvalue weighted by Crippen LogP contribution is -2.30. The number of nitrogens with one attached hydrogen (secondary N) is 2. The monoisotopic (exact) mass is 352 g/mol. The van der Waals surface area contributed by atoms with Crippen molar-refractivity contribution in [2.24, 2.45) is 0 Å². The zero-order valence-corrected chi connectivity index (χ0v) is 15.2. The molecule has 0 aromatic carbocycles. The van der Waals surface area contributed by atoms with Gasteiger partial charge in [0.1, 0.15) is 11.5 Å². The van der Waals surface area contributed by atoms with Gasteiger partial charge in [-0.1, -0.05) is 18.9 Å². The molecule has 2 amide bonds. The van der Waals surface area contributed by atoms with Crippen molar-refractivity contribution < 1.29 is 4.79 Å². The second-order valence-corrected chi connectivity index (χ2v) is 7.07. The average Bonchev–Trinajstić information content (AvgIpc) is 3.33. The molecular formula is C19H24N6O. The van der Waals surface area contributed by atoms with Crippen molar-refractivity contribution in [2.45, 2.75) is 52.1 Å². The van der Waals surface area contributed by atoms with Crippen LogP contribution in [0.5, 0.6) is 0 Å². The van der Waals surface area contributed by atoms with Gasteiger partial charge in [-0.2, -0.15) is 5.10 Å². The van der Waals surface area contributed by atoms with E-state index in [1.807, 2.05) is 53.7 Å². The number of carbonyl (C=O) groups excluding carboxylic acids is 1.